The largest absolute Gasteiger partial charge is 0.0928 e. The van der Waals surface area contributed by atoms with Gasteiger partial charge in [0.05, 0.1) is 0 Å². The van der Waals surface area contributed by atoms with E-state index in [4.69, 9.17) is 0 Å². The number of hydrogen-bond donors (Lipinski definition) is 0. The van der Waals surface area contributed by atoms with E-state index in [2.05, 4.69) is 70.5 Å². The molecule has 0 bridgehead atoms. The molecule has 2 rings (SSSR count). The van der Waals surface area contributed by atoms with Crippen molar-refractivity contribution < 1.29 is 0 Å². The Morgan fingerprint density at radius 2 is 1.37 bits per heavy atom. The third kappa shape index (κ3) is 4.50. The number of benzene rings is 2. The van der Waals surface area contributed by atoms with E-state index in [0.29, 0.717) is 0 Å². The van der Waals surface area contributed by atoms with E-state index < -0.39 is 0 Å². The second kappa shape index (κ2) is 8.16. The first-order valence-corrected chi connectivity index (χ1v) is 8.23. The van der Waals surface area contributed by atoms with Crippen LogP contribution in [0.1, 0.15) is 31.2 Å². The predicted octanol–water partition coefficient (Wildman–Crippen LogP) is 5.85. The molecular weight excluding hydrogens is 296 g/mol. The van der Waals surface area contributed by atoms with E-state index in [9.17, 15) is 0 Å². The monoisotopic (exact) mass is 316 g/mol. The van der Waals surface area contributed by atoms with Crippen LogP contribution < -0.4 is 0 Å². The summed E-state index contributed by atoms with van der Waals surface area (Å²) in [7, 11) is 0. The maximum absolute atomic E-state index is 3.49. The normalized spacial score (nSPS) is 10.6. The van der Waals surface area contributed by atoms with Crippen LogP contribution in [0.5, 0.6) is 0 Å². The molecule has 100 valence electrons. The molecule has 0 nitrogen and oxygen atoms in total. The lowest BCUT2D eigenvalue weighted by molar-refractivity contribution is 0.672. The fourth-order valence-corrected chi connectivity index (χ4v) is 2.80. The van der Waals surface area contributed by atoms with Gasteiger partial charge in [-0.05, 0) is 36.0 Å². The van der Waals surface area contributed by atoms with Crippen LogP contribution in [0.25, 0.3) is 11.1 Å². The van der Waals surface area contributed by atoms with Gasteiger partial charge in [0, 0.05) is 5.33 Å². The average Bonchev–Trinajstić information content (AvgIpc) is 2.48. The Bertz CT molecular complexity index is 476. The molecule has 2 aromatic carbocycles. The molecule has 19 heavy (non-hydrogen) atoms. The molecule has 0 saturated carbocycles. The zero-order valence-electron chi connectivity index (χ0n) is 11.3. The summed E-state index contributed by atoms with van der Waals surface area (Å²) in [5, 5.41) is 1.13. The summed E-state index contributed by atoms with van der Waals surface area (Å²) in [6.07, 6.45) is 6.43. The number of unbranched alkanes of at least 4 members (excludes halogenated alkanes) is 3. The molecule has 0 aliphatic carbocycles. The molecule has 0 N–H and O–H groups in total. The Morgan fingerprint density at radius 3 is 2.16 bits per heavy atom. The lowest BCUT2D eigenvalue weighted by Gasteiger charge is -2.09. The van der Waals surface area contributed by atoms with Crippen LogP contribution in [-0.2, 0) is 6.42 Å². The van der Waals surface area contributed by atoms with Crippen LogP contribution in [0.2, 0.25) is 0 Å². The number of halogens is 1. The molecule has 0 aliphatic heterocycles. The van der Waals surface area contributed by atoms with Gasteiger partial charge >= 0.3 is 0 Å². The Balaban J connectivity index is 2.01. The summed E-state index contributed by atoms with van der Waals surface area (Å²) < 4.78 is 0. The highest BCUT2D eigenvalue weighted by Gasteiger charge is 2.03. The second-order valence-electron chi connectivity index (χ2n) is 4.88. The maximum atomic E-state index is 3.49. The molecule has 2 aromatic rings. The summed E-state index contributed by atoms with van der Waals surface area (Å²) in [5.41, 5.74) is 4.20. The van der Waals surface area contributed by atoms with Gasteiger partial charge in [-0.3, -0.25) is 0 Å². The van der Waals surface area contributed by atoms with Gasteiger partial charge in [-0.15, -0.1) is 0 Å². The van der Waals surface area contributed by atoms with Gasteiger partial charge in [0.25, 0.3) is 0 Å². The van der Waals surface area contributed by atoms with Crippen LogP contribution >= 0.6 is 15.9 Å². The number of aryl methyl sites for hydroxylation is 1. The van der Waals surface area contributed by atoms with Crippen molar-refractivity contribution in [3.63, 3.8) is 0 Å². The van der Waals surface area contributed by atoms with Crippen LogP contribution in [0.3, 0.4) is 0 Å². The Kier molecular flexibility index (Phi) is 6.16. The van der Waals surface area contributed by atoms with Crippen molar-refractivity contribution in [3.05, 3.63) is 60.2 Å². The summed E-state index contributed by atoms with van der Waals surface area (Å²) in [4.78, 5) is 0. The Labute approximate surface area is 125 Å². The van der Waals surface area contributed by atoms with Crippen LogP contribution in [0.15, 0.2) is 54.6 Å². The smallest absolute Gasteiger partial charge is 0.00313 e. The van der Waals surface area contributed by atoms with E-state index in [1.54, 1.807) is 0 Å². The van der Waals surface area contributed by atoms with Gasteiger partial charge < -0.3 is 0 Å². The molecule has 0 saturated heterocycles. The van der Waals surface area contributed by atoms with Crippen molar-refractivity contribution in [2.24, 2.45) is 0 Å². The highest BCUT2D eigenvalue weighted by molar-refractivity contribution is 9.09. The van der Waals surface area contributed by atoms with Gasteiger partial charge in [0.2, 0.25) is 0 Å². The Morgan fingerprint density at radius 1 is 0.684 bits per heavy atom. The van der Waals surface area contributed by atoms with Crippen molar-refractivity contribution >= 4 is 15.9 Å². The van der Waals surface area contributed by atoms with E-state index in [-0.39, 0.29) is 0 Å². The van der Waals surface area contributed by atoms with E-state index in [0.717, 1.165) is 5.33 Å². The maximum Gasteiger partial charge on any atom is 0.00313 e. The van der Waals surface area contributed by atoms with Crippen LogP contribution in [0.4, 0.5) is 0 Å². The first-order chi connectivity index (χ1) is 9.42. The lowest BCUT2D eigenvalue weighted by Crippen LogP contribution is -1.91. The van der Waals surface area contributed by atoms with Gasteiger partial charge in [-0.25, -0.2) is 0 Å². The fourth-order valence-electron chi connectivity index (χ4n) is 2.40. The second-order valence-corrected chi connectivity index (χ2v) is 5.67. The zero-order valence-corrected chi connectivity index (χ0v) is 12.9. The van der Waals surface area contributed by atoms with Crippen molar-refractivity contribution in [2.75, 3.05) is 5.33 Å². The molecule has 0 aromatic heterocycles. The fraction of sp³-hybridized carbons (Fsp3) is 0.333. The summed E-state index contributed by atoms with van der Waals surface area (Å²) in [6, 6.07) is 19.5. The van der Waals surface area contributed by atoms with Gasteiger partial charge in [-0.2, -0.15) is 0 Å². The molecule has 0 atom stereocenters. The molecule has 0 amide bonds. The third-order valence-electron chi connectivity index (χ3n) is 3.43. The molecule has 0 spiro atoms. The van der Waals surface area contributed by atoms with Crippen molar-refractivity contribution in [3.8, 4) is 11.1 Å². The zero-order chi connectivity index (χ0) is 13.3. The number of rotatable bonds is 7. The van der Waals surface area contributed by atoms with Crippen molar-refractivity contribution in [2.45, 2.75) is 32.1 Å². The molecule has 0 aliphatic rings. The third-order valence-corrected chi connectivity index (χ3v) is 3.99. The van der Waals surface area contributed by atoms with E-state index in [1.807, 2.05) is 0 Å². The summed E-state index contributed by atoms with van der Waals surface area (Å²) >= 11 is 3.49. The van der Waals surface area contributed by atoms with E-state index >= 15 is 0 Å². The minimum absolute atomic E-state index is 1.13. The van der Waals surface area contributed by atoms with Crippen LogP contribution in [0, 0.1) is 0 Å². The Hall–Kier alpha value is -1.08. The highest BCUT2D eigenvalue weighted by atomic mass is 79.9. The van der Waals surface area contributed by atoms with Crippen molar-refractivity contribution in [1.82, 2.24) is 0 Å². The van der Waals surface area contributed by atoms with Gasteiger partial charge in [0.15, 0.2) is 0 Å². The quantitative estimate of drug-likeness (QED) is 0.444. The van der Waals surface area contributed by atoms with E-state index in [1.165, 1.54) is 48.8 Å². The number of hydrogen-bond acceptors (Lipinski definition) is 0. The standard InChI is InChI=1S/C18H21Br/c19-15-9-2-1-4-10-17-13-7-8-14-18(17)16-11-5-3-6-12-16/h3,5-8,11-14H,1-2,4,9-10,15H2. The first-order valence-electron chi connectivity index (χ1n) is 7.11. The first kappa shape index (κ1) is 14.3. The summed E-state index contributed by atoms with van der Waals surface area (Å²) in [5.74, 6) is 0. The van der Waals surface area contributed by atoms with Crippen LogP contribution in [-0.4, -0.2) is 5.33 Å². The molecule has 0 radical (unpaired) electrons. The molecule has 0 unspecified atom stereocenters. The summed E-state index contributed by atoms with van der Waals surface area (Å²) in [6.45, 7) is 0. The minimum atomic E-state index is 1.13. The predicted molar refractivity (Wildman–Crippen MR) is 87.8 cm³/mol. The topological polar surface area (TPSA) is 0 Å². The molecule has 1 heteroatoms. The minimum Gasteiger partial charge on any atom is -0.0928 e. The van der Waals surface area contributed by atoms with Gasteiger partial charge in [-0.1, -0.05) is 83.4 Å². The SMILES string of the molecule is BrCCCCCCc1ccccc1-c1ccccc1. The van der Waals surface area contributed by atoms with Crippen molar-refractivity contribution in [1.29, 1.82) is 0 Å². The average molecular weight is 317 g/mol. The lowest BCUT2D eigenvalue weighted by atomic mass is 9.96. The highest BCUT2D eigenvalue weighted by Crippen LogP contribution is 2.24. The number of alkyl halides is 1. The molecule has 0 heterocycles. The van der Waals surface area contributed by atoms with Gasteiger partial charge in [0.1, 0.15) is 0 Å². The molecular formula is C18H21Br. The molecule has 0 fully saturated rings.